The van der Waals surface area contributed by atoms with Gasteiger partial charge in [-0.05, 0) is 70.3 Å². The first kappa shape index (κ1) is 15.5. The molecule has 0 N–H and O–H groups in total. The van der Waals surface area contributed by atoms with E-state index in [1.807, 2.05) is 12.3 Å². The van der Waals surface area contributed by atoms with E-state index >= 15 is 0 Å². The van der Waals surface area contributed by atoms with Gasteiger partial charge in [-0.15, -0.1) is 0 Å². The van der Waals surface area contributed by atoms with Crippen LogP contribution in [0.15, 0.2) is 24.5 Å². The quantitative estimate of drug-likeness (QED) is 0.856. The number of pyridine rings is 1. The zero-order valence-corrected chi connectivity index (χ0v) is 13.8. The Hall–Kier alpha value is -1.42. The van der Waals surface area contributed by atoms with Crippen molar-refractivity contribution >= 4 is 11.0 Å². The SMILES string of the molecule is Cc1cn(CC2CCN(CC(C)(C)F)CC2)c2ncccc12. The molecule has 3 nitrogen and oxygen atoms in total. The summed E-state index contributed by atoms with van der Waals surface area (Å²) in [6.45, 7) is 9.06. The van der Waals surface area contributed by atoms with Crippen LogP contribution in [0.5, 0.6) is 0 Å². The highest BCUT2D eigenvalue weighted by atomic mass is 19.1. The molecule has 1 aliphatic heterocycles. The molecule has 4 heteroatoms. The van der Waals surface area contributed by atoms with Crippen molar-refractivity contribution in [3.05, 3.63) is 30.1 Å². The molecular formula is C18H26FN3. The number of hydrogen-bond donors (Lipinski definition) is 0. The van der Waals surface area contributed by atoms with Crippen molar-refractivity contribution in [2.75, 3.05) is 19.6 Å². The maximum Gasteiger partial charge on any atom is 0.140 e. The average molecular weight is 303 g/mol. The lowest BCUT2D eigenvalue weighted by molar-refractivity contribution is 0.0927. The number of halogens is 1. The largest absolute Gasteiger partial charge is 0.332 e. The van der Waals surface area contributed by atoms with Crippen LogP contribution in [0.25, 0.3) is 11.0 Å². The molecule has 1 saturated heterocycles. The number of likely N-dealkylation sites (tertiary alicyclic amines) is 1. The van der Waals surface area contributed by atoms with E-state index in [1.165, 1.54) is 10.9 Å². The molecule has 22 heavy (non-hydrogen) atoms. The fourth-order valence-corrected chi connectivity index (χ4v) is 3.57. The summed E-state index contributed by atoms with van der Waals surface area (Å²) in [5.41, 5.74) is 1.29. The van der Waals surface area contributed by atoms with E-state index in [-0.39, 0.29) is 0 Å². The van der Waals surface area contributed by atoms with Crippen molar-refractivity contribution in [1.29, 1.82) is 0 Å². The lowest BCUT2D eigenvalue weighted by Crippen LogP contribution is -2.41. The van der Waals surface area contributed by atoms with E-state index in [1.54, 1.807) is 13.8 Å². The first-order valence-electron chi connectivity index (χ1n) is 8.24. The summed E-state index contributed by atoms with van der Waals surface area (Å²) in [5, 5.41) is 1.25. The van der Waals surface area contributed by atoms with Crippen molar-refractivity contribution < 1.29 is 4.39 Å². The average Bonchev–Trinajstić information content (AvgIpc) is 2.77. The predicted molar refractivity (Wildman–Crippen MR) is 88.8 cm³/mol. The Kier molecular flexibility index (Phi) is 4.22. The molecule has 1 aliphatic rings. The standard InChI is InChI=1S/C18H26FN3/c1-14-11-22(17-16(14)5-4-8-20-17)12-15-6-9-21(10-7-15)13-18(2,3)19/h4-5,8,11,15H,6-7,9-10,12-13H2,1-3H3. The number of rotatable bonds is 4. The topological polar surface area (TPSA) is 21.1 Å². The van der Waals surface area contributed by atoms with E-state index < -0.39 is 5.67 Å². The fraction of sp³-hybridized carbons (Fsp3) is 0.611. The highest BCUT2D eigenvalue weighted by Gasteiger charge is 2.25. The maximum atomic E-state index is 13.7. The molecule has 0 aliphatic carbocycles. The Morgan fingerprint density at radius 3 is 2.73 bits per heavy atom. The van der Waals surface area contributed by atoms with E-state index in [2.05, 4.69) is 33.6 Å². The summed E-state index contributed by atoms with van der Waals surface area (Å²) in [6, 6.07) is 4.14. The molecule has 0 saturated carbocycles. The number of piperidine rings is 1. The monoisotopic (exact) mass is 303 g/mol. The molecule has 2 aromatic heterocycles. The van der Waals surface area contributed by atoms with Gasteiger partial charge in [-0.2, -0.15) is 0 Å². The van der Waals surface area contributed by atoms with Gasteiger partial charge in [0.05, 0.1) is 0 Å². The molecular weight excluding hydrogens is 277 g/mol. The van der Waals surface area contributed by atoms with Crippen LogP contribution < -0.4 is 0 Å². The van der Waals surface area contributed by atoms with E-state index in [9.17, 15) is 4.39 Å². The Morgan fingerprint density at radius 1 is 1.32 bits per heavy atom. The summed E-state index contributed by atoms with van der Waals surface area (Å²) in [4.78, 5) is 6.79. The Morgan fingerprint density at radius 2 is 2.05 bits per heavy atom. The number of aryl methyl sites for hydroxylation is 1. The lowest BCUT2D eigenvalue weighted by atomic mass is 9.96. The zero-order valence-electron chi connectivity index (χ0n) is 13.8. The number of hydrogen-bond acceptors (Lipinski definition) is 2. The Balaban J connectivity index is 1.63. The van der Waals surface area contributed by atoms with Gasteiger partial charge in [0.15, 0.2) is 0 Å². The highest BCUT2D eigenvalue weighted by Crippen LogP contribution is 2.25. The van der Waals surface area contributed by atoms with Gasteiger partial charge in [-0.25, -0.2) is 9.37 Å². The molecule has 1 fully saturated rings. The summed E-state index contributed by atoms with van der Waals surface area (Å²) < 4.78 is 16.0. The second-order valence-corrected chi connectivity index (χ2v) is 7.28. The van der Waals surface area contributed by atoms with Crippen LogP contribution in [0, 0.1) is 12.8 Å². The maximum absolute atomic E-state index is 13.7. The van der Waals surface area contributed by atoms with Gasteiger partial charge < -0.3 is 9.47 Å². The third-order valence-electron chi connectivity index (χ3n) is 4.59. The Labute approximate surface area is 132 Å². The molecule has 0 radical (unpaired) electrons. The second kappa shape index (κ2) is 5.99. The normalized spacial score (nSPS) is 18.2. The van der Waals surface area contributed by atoms with Crippen LogP contribution >= 0.6 is 0 Å². The summed E-state index contributed by atoms with van der Waals surface area (Å²) in [6.07, 6.45) is 6.36. The van der Waals surface area contributed by atoms with Crippen molar-refractivity contribution in [3.8, 4) is 0 Å². The zero-order chi connectivity index (χ0) is 15.7. The molecule has 0 unspecified atom stereocenters. The number of nitrogens with zero attached hydrogens (tertiary/aromatic N) is 3. The van der Waals surface area contributed by atoms with E-state index in [0.717, 1.165) is 38.1 Å². The minimum Gasteiger partial charge on any atom is -0.332 e. The molecule has 120 valence electrons. The predicted octanol–water partition coefficient (Wildman–Crippen LogP) is 3.80. The van der Waals surface area contributed by atoms with E-state index in [0.29, 0.717) is 12.5 Å². The van der Waals surface area contributed by atoms with Crippen LogP contribution in [0.3, 0.4) is 0 Å². The summed E-state index contributed by atoms with van der Waals surface area (Å²) in [7, 11) is 0. The molecule has 0 spiro atoms. The van der Waals surface area contributed by atoms with Gasteiger partial charge in [0.2, 0.25) is 0 Å². The number of fused-ring (bicyclic) bond motifs is 1. The minimum absolute atomic E-state index is 0.548. The molecule has 3 rings (SSSR count). The van der Waals surface area contributed by atoms with Crippen molar-refractivity contribution in [3.63, 3.8) is 0 Å². The summed E-state index contributed by atoms with van der Waals surface area (Å²) in [5.74, 6) is 0.663. The van der Waals surface area contributed by atoms with Crippen molar-refractivity contribution in [1.82, 2.24) is 14.5 Å². The highest BCUT2D eigenvalue weighted by molar-refractivity contribution is 5.79. The van der Waals surface area contributed by atoms with Gasteiger partial charge in [0, 0.05) is 30.9 Å². The van der Waals surface area contributed by atoms with Gasteiger partial charge in [0.25, 0.3) is 0 Å². The van der Waals surface area contributed by atoms with Crippen LogP contribution in [-0.2, 0) is 6.54 Å². The fourth-order valence-electron chi connectivity index (χ4n) is 3.57. The van der Waals surface area contributed by atoms with Gasteiger partial charge in [-0.1, -0.05) is 0 Å². The third kappa shape index (κ3) is 3.49. The second-order valence-electron chi connectivity index (χ2n) is 7.28. The van der Waals surface area contributed by atoms with Crippen molar-refractivity contribution in [2.45, 2.75) is 45.8 Å². The minimum atomic E-state index is -1.09. The first-order chi connectivity index (χ1) is 10.4. The third-order valence-corrected chi connectivity index (χ3v) is 4.59. The van der Waals surface area contributed by atoms with E-state index in [4.69, 9.17) is 0 Å². The number of aromatic nitrogens is 2. The first-order valence-corrected chi connectivity index (χ1v) is 8.24. The smallest absolute Gasteiger partial charge is 0.140 e. The van der Waals surface area contributed by atoms with Crippen molar-refractivity contribution in [2.24, 2.45) is 5.92 Å². The van der Waals surface area contributed by atoms with Crippen LogP contribution in [0.1, 0.15) is 32.3 Å². The van der Waals surface area contributed by atoms with Crippen LogP contribution in [0.2, 0.25) is 0 Å². The molecule has 0 amide bonds. The number of alkyl halides is 1. The molecule has 3 heterocycles. The molecule has 0 atom stereocenters. The lowest BCUT2D eigenvalue weighted by Gasteiger charge is -2.34. The summed E-state index contributed by atoms with van der Waals surface area (Å²) >= 11 is 0. The van der Waals surface area contributed by atoms with Gasteiger partial charge in [-0.3, -0.25) is 0 Å². The van der Waals surface area contributed by atoms with Crippen LogP contribution in [-0.4, -0.2) is 39.8 Å². The van der Waals surface area contributed by atoms with Gasteiger partial charge in [0.1, 0.15) is 11.3 Å². The Bertz CT molecular complexity index is 633. The molecule has 0 aromatic carbocycles. The molecule has 2 aromatic rings. The molecule has 0 bridgehead atoms. The van der Waals surface area contributed by atoms with Crippen LogP contribution in [0.4, 0.5) is 4.39 Å². The van der Waals surface area contributed by atoms with Gasteiger partial charge >= 0.3 is 0 Å².